The maximum atomic E-state index is 12.5. The van der Waals surface area contributed by atoms with Crippen molar-refractivity contribution in [2.24, 2.45) is 0 Å². The van der Waals surface area contributed by atoms with Crippen molar-refractivity contribution < 1.29 is 14.4 Å². The fourth-order valence-corrected chi connectivity index (χ4v) is 2.89. The van der Waals surface area contributed by atoms with Crippen LogP contribution in [0.3, 0.4) is 0 Å². The standard InChI is InChI=1S/C23H21N5O3/c1-23(2,30)22-27-20(28-31-22)16-7-5-6-15(12-16)13-26-21(29)17-9-10-19(25-14-17)18-8-3-4-11-24-18/h3-12,14,30H,13H2,1-2H3,(H,26,29). The molecule has 0 atom stereocenters. The van der Waals surface area contributed by atoms with Crippen LogP contribution in [0.1, 0.15) is 35.7 Å². The average molecular weight is 415 g/mol. The third-order valence-electron chi connectivity index (χ3n) is 4.54. The highest BCUT2D eigenvalue weighted by atomic mass is 16.5. The summed E-state index contributed by atoms with van der Waals surface area (Å²) in [6.45, 7) is 3.48. The second-order valence-electron chi connectivity index (χ2n) is 7.51. The molecule has 3 aromatic heterocycles. The van der Waals surface area contributed by atoms with E-state index in [0.29, 0.717) is 23.6 Å². The molecule has 0 saturated heterocycles. The van der Waals surface area contributed by atoms with Crippen LogP contribution in [0.15, 0.2) is 71.5 Å². The Morgan fingerprint density at radius 2 is 1.90 bits per heavy atom. The first kappa shape index (κ1) is 20.4. The molecule has 4 aromatic rings. The van der Waals surface area contributed by atoms with E-state index in [9.17, 15) is 9.90 Å². The Hall–Kier alpha value is -3.91. The number of benzene rings is 1. The van der Waals surface area contributed by atoms with Gasteiger partial charge in [-0.05, 0) is 49.7 Å². The van der Waals surface area contributed by atoms with E-state index in [1.54, 1.807) is 32.2 Å². The molecule has 8 heteroatoms. The second-order valence-corrected chi connectivity index (χ2v) is 7.51. The Morgan fingerprint density at radius 1 is 1.06 bits per heavy atom. The van der Waals surface area contributed by atoms with Crippen LogP contribution in [-0.4, -0.2) is 31.1 Å². The van der Waals surface area contributed by atoms with Gasteiger partial charge in [-0.3, -0.25) is 14.8 Å². The van der Waals surface area contributed by atoms with Crippen molar-refractivity contribution in [2.45, 2.75) is 26.0 Å². The van der Waals surface area contributed by atoms with Gasteiger partial charge in [0.15, 0.2) is 0 Å². The van der Waals surface area contributed by atoms with Crippen molar-refractivity contribution in [2.75, 3.05) is 0 Å². The zero-order valence-corrected chi connectivity index (χ0v) is 17.1. The molecule has 1 aromatic carbocycles. The minimum Gasteiger partial charge on any atom is -0.381 e. The molecule has 0 saturated carbocycles. The molecule has 156 valence electrons. The Morgan fingerprint density at radius 3 is 2.58 bits per heavy atom. The zero-order chi connectivity index (χ0) is 21.8. The molecule has 0 bridgehead atoms. The number of nitrogens with one attached hydrogen (secondary N) is 1. The van der Waals surface area contributed by atoms with Crippen LogP contribution >= 0.6 is 0 Å². The average Bonchev–Trinajstić information content (AvgIpc) is 3.30. The van der Waals surface area contributed by atoms with E-state index < -0.39 is 5.60 Å². The minimum atomic E-state index is -1.21. The van der Waals surface area contributed by atoms with Gasteiger partial charge >= 0.3 is 0 Å². The number of amides is 1. The lowest BCUT2D eigenvalue weighted by molar-refractivity contribution is 0.0420. The van der Waals surface area contributed by atoms with Crippen molar-refractivity contribution in [3.63, 3.8) is 0 Å². The lowest BCUT2D eigenvalue weighted by Gasteiger charge is -2.09. The second kappa shape index (κ2) is 8.45. The highest BCUT2D eigenvalue weighted by Crippen LogP contribution is 2.22. The van der Waals surface area contributed by atoms with Crippen LogP contribution in [0.5, 0.6) is 0 Å². The first-order valence-electron chi connectivity index (χ1n) is 9.72. The van der Waals surface area contributed by atoms with Gasteiger partial charge in [0.05, 0.1) is 17.0 Å². The first-order chi connectivity index (χ1) is 14.9. The highest BCUT2D eigenvalue weighted by molar-refractivity contribution is 5.94. The molecular weight excluding hydrogens is 394 g/mol. The number of pyridine rings is 2. The lowest BCUT2D eigenvalue weighted by Crippen LogP contribution is -2.22. The molecule has 0 fully saturated rings. The van der Waals surface area contributed by atoms with Gasteiger partial charge in [-0.2, -0.15) is 4.98 Å². The maximum Gasteiger partial charge on any atom is 0.258 e. The third kappa shape index (κ3) is 4.81. The molecule has 0 unspecified atom stereocenters. The van der Waals surface area contributed by atoms with Crippen LogP contribution in [0.4, 0.5) is 0 Å². The Bertz CT molecular complexity index is 1180. The van der Waals surface area contributed by atoms with Gasteiger partial charge in [0.1, 0.15) is 5.60 Å². The Kier molecular flexibility index (Phi) is 5.55. The summed E-state index contributed by atoms with van der Waals surface area (Å²) in [5, 5.41) is 16.8. The van der Waals surface area contributed by atoms with Crippen LogP contribution in [0.25, 0.3) is 22.8 Å². The zero-order valence-electron chi connectivity index (χ0n) is 17.1. The van der Waals surface area contributed by atoms with E-state index in [2.05, 4.69) is 25.4 Å². The fourth-order valence-electron chi connectivity index (χ4n) is 2.89. The van der Waals surface area contributed by atoms with Crippen LogP contribution in [-0.2, 0) is 12.1 Å². The number of aliphatic hydroxyl groups is 1. The molecule has 31 heavy (non-hydrogen) atoms. The molecule has 0 radical (unpaired) electrons. The SMILES string of the molecule is CC(C)(O)c1nc(-c2cccc(CNC(=O)c3ccc(-c4ccccn4)nc3)c2)no1. The van der Waals surface area contributed by atoms with Crippen molar-refractivity contribution >= 4 is 5.91 Å². The number of rotatable bonds is 6. The lowest BCUT2D eigenvalue weighted by atomic mass is 10.1. The predicted molar refractivity (Wildman–Crippen MR) is 114 cm³/mol. The van der Waals surface area contributed by atoms with E-state index >= 15 is 0 Å². The monoisotopic (exact) mass is 415 g/mol. The van der Waals surface area contributed by atoms with Crippen molar-refractivity contribution in [3.05, 3.63) is 84.0 Å². The summed E-state index contributed by atoms with van der Waals surface area (Å²) in [7, 11) is 0. The van der Waals surface area contributed by atoms with Crippen LogP contribution < -0.4 is 5.32 Å². The number of nitrogens with zero attached hydrogens (tertiary/aromatic N) is 4. The van der Waals surface area contributed by atoms with E-state index in [0.717, 1.165) is 16.8 Å². The summed E-state index contributed by atoms with van der Waals surface area (Å²) < 4.78 is 5.13. The number of carbonyl (C=O) groups is 1. The molecule has 0 aliphatic rings. The Labute approximate surface area is 179 Å². The van der Waals surface area contributed by atoms with Crippen LogP contribution in [0, 0.1) is 0 Å². The third-order valence-corrected chi connectivity index (χ3v) is 4.54. The molecule has 0 aliphatic carbocycles. The van der Waals surface area contributed by atoms with Gasteiger partial charge in [0.2, 0.25) is 5.82 Å². The summed E-state index contributed by atoms with van der Waals surface area (Å²) in [5.74, 6) is 0.289. The van der Waals surface area contributed by atoms with Gasteiger partial charge in [0, 0.05) is 24.5 Å². The van der Waals surface area contributed by atoms with Gasteiger partial charge in [-0.15, -0.1) is 0 Å². The fraction of sp³-hybridized carbons (Fsp3) is 0.174. The molecule has 0 aliphatic heterocycles. The van der Waals surface area contributed by atoms with E-state index in [1.807, 2.05) is 42.5 Å². The molecule has 2 N–H and O–H groups in total. The van der Waals surface area contributed by atoms with E-state index in [-0.39, 0.29) is 11.8 Å². The number of hydrogen-bond acceptors (Lipinski definition) is 7. The number of aromatic nitrogens is 4. The summed E-state index contributed by atoms with van der Waals surface area (Å²) in [4.78, 5) is 25.3. The molecule has 8 nitrogen and oxygen atoms in total. The molecular formula is C23H21N5O3. The molecule has 0 spiro atoms. The van der Waals surface area contributed by atoms with Crippen molar-refractivity contribution in [1.29, 1.82) is 0 Å². The van der Waals surface area contributed by atoms with Gasteiger partial charge in [-0.25, -0.2) is 0 Å². The molecule has 1 amide bonds. The summed E-state index contributed by atoms with van der Waals surface area (Å²) >= 11 is 0. The molecule has 4 rings (SSSR count). The minimum absolute atomic E-state index is 0.142. The van der Waals surface area contributed by atoms with Crippen molar-refractivity contribution in [3.8, 4) is 22.8 Å². The largest absolute Gasteiger partial charge is 0.381 e. The van der Waals surface area contributed by atoms with Gasteiger partial charge < -0.3 is 14.9 Å². The summed E-state index contributed by atoms with van der Waals surface area (Å²) in [5.41, 5.74) is 2.31. The molecule has 3 heterocycles. The normalized spacial score (nSPS) is 11.3. The smallest absolute Gasteiger partial charge is 0.258 e. The number of carbonyl (C=O) groups excluding carboxylic acids is 1. The van der Waals surface area contributed by atoms with Gasteiger partial charge in [-0.1, -0.05) is 29.4 Å². The van der Waals surface area contributed by atoms with E-state index in [4.69, 9.17) is 4.52 Å². The Balaban J connectivity index is 1.42. The van der Waals surface area contributed by atoms with E-state index in [1.165, 1.54) is 6.20 Å². The number of hydrogen-bond donors (Lipinski definition) is 2. The summed E-state index contributed by atoms with van der Waals surface area (Å²) in [6, 6.07) is 16.5. The van der Waals surface area contributed by atoms with Crippen LogP contribution in [0.2, 0.25) is 0 Å². The topological polar surface area (TPSA) is 114 Å². The predicted octanol–water partition coefficient (Wildman–Crippen LogP) is 3.35. The first-order valence-corrected chi connectivity index (χ1v) is 9.72. The van der Waals surface area contributed by atoms with Gasteiger partial charge in [0.25, 0.3) is 11.8 Å². The maximum absolute atomic E-state index is 12.5. The summed E-state index contributed by atoms with van der Waals surface area (Å²) in [6.07, 6.45) is 3.24. The highest BCUT2D eigenvalue weighted by Gasteiger charge is 2.24. The quantitative estimate of drug-likeness (QED) is 0.496. The van der Waals surface area contributed by atoms with Crippen molar-refractivity contribution in [1.82, 2.24) is 25.4 Å².